The Hall–Kier alpha value is -2.28. The van der Waals surface area contributed by atoms with Gasteiger partial charge in [0.2, 0.25) is 11.2 Å². The molecular formula is C24H44O12. The van der Waals surface area contributed by atoms with E-state index < -0.39 is 47.3 Å². The first kappa shape index (κ1) is 35.9. The Morgan fingerprint density at radius 3 is 1.11 bits per heavy atom. The number of carboxylic acids is 2. The number of aliphatic hydroxyl groups excluding tert-OH is 2. The first-order chi connectivity index (χ1) is 16.8. The van der Waals surface area contributed by atoms with Gasteiger partial charge in [0.1, 0.15) is 0 Å². The fraction of sp³-hybridized carbons (Fsp3) is 0.833. The smallest absolute Gasteiger partial charge is 0.339 e. The van der Waals surface area contributed by atoms with E-state index in [-0.39, 0.29) is 26.1 Å². The van der Waals surface area contributed by atoms with Gasteiger partial charge in [-0.15, -0.1) is 0 Å². The third-order valence-electron chi connectivity index (χ3n) is 5.44. The number of aliphatic hydroxyl groups is 4. The maximum absolute atomic E-state index is 11.3. The zero-order valence-electron chi connectivity index (χ0n) is 21.8. The topological polar surface area (TPSA) is 208 Å². The van der Waals surface area contributed by atoms with E-state index >= 15 is 0 Å². The number of carbonyl (C=O) groups excluding carboxylic acids is 2. The average molecular weight is 525 g/mol. The monoisotopic (exact) mass is 524 g/mol. The first-order valence-electron chi connectivity index (χ1n) is 12.4. The number of hydrogen-bond donors (Lipinski definition) is 6. The summed E-state index contributed by atoms with van der Waals surface area (Å²) in [5.41, 5.74) is -5.30. The van der Waals surface area contributed by atoms with Gasteiger partial charge in [-0.05, 0) is 25.7 Å². The Bertz CT molecular complexity index is 611. The molecule has 212 valence electrons. The molecule has 0 heterocycles. The van der Waals surface area contributed by atoms with Crippen molar-refractivity contribution in [3.63, 3.8) is 0 Å². The van der Waals surface area contributed by atoms with Crippen LogP contribution in [-0.2, 0) is 28.7 Å². The van der Waals surface area contributed by atoms with Crippen molar-refractivity contribution in [3.8, 4) is 0 Å². The molecule has 36 heavy (non-hydrogen) atoms. The molecule has 0 aliphatic rings. The molecule has 0 aliphatic carbocycles. The van der Waals surface area contributed by atoms with Crippen molar-refractivity contribution in [2.45, 2.75) is 115 Å². The van der Waals surface area contributed by atoms with Gasteiger partial charge in [0.15, 0.2) is 12.2 Å². The number of carbonyl (C=O) groups is 4. The lowest BCUT2D eigenvalue weighted by molar-refractivity contribution is -0.210. The predicted molar refractivity (Wildman–Crippen MR) is 128 cm³/mol. The third kappa shape index (κ3) is 11.6. The van der Waals surface area contributed by atoms with Gasteiger partial charge in [0, 0.05) is 0 Å². The molecule has 0 aromatic carbocycles. The highest BCUT2D eigenvalue weighted by Crippen LogP contribution is 2.33. The predicted octanol–water partition coefficient (Wildman–Crippen LogP) is 1.39. The van der Waals surface area contributed by atoms with Crippen LogP contribution in [0.5, 0.6) is 0 Å². The van der Waals surface area contributed by atoms with Crippen LogP contribution in [0.3, 0.4) is 0 Å². The minimum Gasteiger partial charge on any atom is -0.479 e. The average Bonchev–Trinajstić information content (AvgIpc) is 2.84. The molecule has 0 fully saturated rings. The maximum atomic E-state index is 11.3. The molecule has 12 nitrogen and oxygen atoms in total. The summed E-state index contributed by atoms with van der Waals surface area (Å²) in [6.07, 6.45) is 0.483. The molecule has 0 bridgehead atoms. The van der Waals surface area contributed by atoms with Crippen molar-refractivity contribution in [3.05, 3.63) is 0 Å². The van der Waals surface area contributed by atoms with Gasteiger partial charge >= 0.3 is 23.9 Å². The Labute approximate surface area is 212 Å². The van der Waals surface area contributed by atoms with Crippen molar-refractivity contribution < 1.29 is 59.3 Å². The fourth-order valence-corrected chi connectivity index (χ4v) is 2.91. The van der Waals surface area contributed by atoms with E-state index in [9.17, 15) is 39.6 Å². The van der Waals surface area contributed by atoms with Crippen LogP contribution in [-0.4, -0.2) is 91.1 Å². The fourth-order valence-electron chi connectivity index (χ4n) is 2.91. The SMILES string of the molecule is CCCCC(O)(C(=O)O)C(O)(CCCC)C(=O)O.CCCCOC(=O)C(O)C(O)C(=O)OCCCC. The summed E-state index contributed by atoms with van der Waals surface area (Å²) in [6, 6.07) is 0. The molecular weight excluding hydrogens is 480 g/mol. The highest BCUT2D eigenvalue weighted by Gasteiger charge is 2.59. The Balaban J connectivity index is 0. The quantitative estimate of drug-likeness (QED) is 0.111. The second-order valence-electron chi connectivity index (χ2n) is 8.47. The van der Waals surface area contributed by atoms with Crippen molar-refractivity contribution in [2.75, 3.05) is 13.2 Å². The molecule has 4 unspecified atom stereocenters. The third-order valence-corrected chi connectivity index (χ3v) is 5.44. The van der Waals surface area contributed by atoms with Crippen LogP contribution in [0.1, 0.15) is 91.9 Å². The van der Waals surface area contributed by atoms with E-state index in [0.717, 1.165) is 12.8 Å². The summed E-state index contributed by atoms with van der Waals surface area (Å²) in [5.74, 6) is -5.42. The highest BCUT2D eigenvalue weighted by molar-refractivity contribution is 5.90. The minimum atomic E-state index is -2.65. The normalized spacial score (nSPS) is 15.8. The molecule has 0 aromatic rings. The van der Waals surface area contributed by atoms with Crippen LogP contribution in [0.4, 0.5) is 0 Å². The Morgan fingerprint density at radius 1 is 0.611 bits per heavy atom. The molecule has 0 amide bonds. The van der Waals surface area contributed by atoms with Gasteiger partial charge in [-0.25, -0.2) is 19.2 Å². The van der Waals surface area contributed by atoms with Crippen LogP contribution < -0.4 is 0 Å². The molecule has 12 heteroatoms. The second-order valence-corrected chi connectivity index (χ2v) is 8.47. The summed E-state index contributed by atoms with van der Waals surface area (Å²) in [7, 11) is 0. The number of carboxylic acid groups (broad SMARTS) is 2. The Morgan fingerprint density at radius 2 is 0.889 bits per heavy atom. The first-order valence-corrected chi connectivity index (χ1v) is 12.4. The van der Waals surface area contributed by atoms with Gasteiger partial charge in [-0.1, -0.05) is 66.2 Å². The van der Waals surface area contributed by atoms with Crippen LogP contribution in [0.25, 0.3) is 0 Å². The van der Waals surface area contributed by atoms with E-state index in [4.69, 9.17) is 10.2 Å². The number of unbranched alkanes of at least 4 members (excludes halogenated alkanes) is 4. The summed E-state index contributed by atoms with van der Waals surface area (Å²) >= 11 is 0. The highest BCUT2D eigenvalue weighted by atomic mass is 16.6. The zero-order valence-corrected chi connectivity index (χ0v) is 21.8. The van der Waals surface area contributed by atoms with Gasteiger partial charge in [-0.3, -0.25) is 0 Å². The summed E-state index contributed by atoms with van der Waals surface area (Å²) in [4.78, 5) is 44.8. The lowest BCUT2D eigenvalue weighted by Crippen LogP contribution is -2.63. The lowest BCUT2D eigenvalue weighted by atomic mass is 9.76. The van der Waals surface area contributed by atoms with Crippen molar-refractivity contribution >= 4 is 23.9 Å². The largest absolute Gasteiger partial charge is 0.479 e. The number of ether oxygens (including phenoxy) is 2. The van der Waals surface area contributed by atoms with E-state index in [1.54, 1.807) is 13.8 Å². The molecule has 0 saturated carbocycles. The number of esters is 2. The summed E-state index contributed by atoms with van der Waals surface area (Å²) in [5, 5.41) is 57.1. The molecule has 0 aromatic heterocycles. The maximum Gasteiger partial charge on any atom is 0.339 e. The molecule has 0 saturated heterocycles. The lowest BCUT2D eigenvalue weighted by Gasteiger charge is -2.37. The van der Waals surface area contributed by atoms with Crippen LogP contribution in [0.15, 0.2) is 0 Å². The van der Waals surface area contributed by atoms with Gasteiger partial charge in [-0.2, -0.15) is 0 Å². The summed E-state index contributed by atoms with van der Waals surface area (Å²) in [6.45, 7) is 7.73. The molecule has 0 rings (SSSR count). The van der Waals surface area contributed by atoms with E-state index in [1.807, 2.05) is 13.8 Å². The Kier molecular flexibility index (Phi) is 18.9. The van der Waals surface area contributed by atoms with E-state index in [1.165, 1.54) is 0 Å². The van der Waals surface area contributed by atoms with Gasteiger partial charge in [0.05, 0.1) is 13.2 Å². The number of hydrogen-bond acceptors (Lipinski definition) is 10. The summed E-state index contributed by atoms with van der Waals surface area (Å²) < 4.78 is 9.37. The van der Waals surface area contributed by atoms with Crippen LogP contribution in [0, 0.1) is 0 Å². The zero-order chi connectivity index (χ0) is 28.4. The molecule has 0 spiro atoms. The molecule has 4 atom stereocenters. The molecule has 0 aliphatic heterocycles. The minimum absolute atomic E-state index is 0.157. The van der Waals surface area contributed by atoms with Crippen molar-refractivity contribution in [1.29, 1.82) is 0 Å². The molecule has 0 radical (unpaired) electrons. The van der Waals surface area contributed by atoms with Gasteiger partial charge in [0.25, 0.3) is 0 Å². The van der Waals surface area contributed by atoms with E-state index in [0.29, 0.717) is 38.5 Å². The van der Waals surface area contributed by atoms with Gasteiger partial charge < -0.3 is 40.1 Å². The number of rotatable bonds is 18. The van der Waals surface area contributed by atoms with Crippen molar-refractivity contribution in [2.24, 2.45) is 0 Å². The standard InChI is InChI=1S/2C12H22O6/c1-3-5-7-11(17,9(13)14)12(18,10(15)16)8-6-4-2;1-3-5-7-17-11(15)9(13)10(14)12(16)18-8-6-4-2/h17-18H,3-8H2,1-2H3,(H,13,14)(H,15,16);9-10,13-14H,3-8H2,1-2H3. The van der Waals surface area contributed by atoms with Crippen LogP contribution in [0.2, 0.25) is 0 Å². The number of aliphatic carboxylic acids is 2. The second kappa shape index (κ2) is 18.9. The van der Waals surface area contributed by atoms with Crippen molar-refractivity contribution in [1.82, 2.24) is 0 Å². The van der Waals surface area contributed by atoms with Crippen LogP contribution >= 0.6 is 0 Å². The molecule has 6 N–H and O–H groups in total. The van der Waals surface area contributed by atoms with E-state index in [2.05, 4.69) is 9.47 Å².